The lowest BCUT2D eigenvalue weighted by Gasteiger charge is -1.95. The molecule has 0 radical (unpaired) electrons. The Morgan fingerprint density at radius 2 is 2.12 bits per heavy atom. The van der Waals surface area contributed by atoms with Gasteiger partial charge in [-0.05, 0) is 17.3 Å². The number of carbonyl (C=O) groups is 1. The van der Waals surface area contributed by atoms with E-state index in [0.717, 1.165) is 4.90 Å². The number of aromatic nitrogens is 2. The summed E-state index contributed by atoms with van der Waals surface area (Å²) in [6.45, 7) is 0. The Hall–Kier alpha value is -1.82. The molecule has 0 aliphatic carbocycles. The van der Waals surface area contributed by atoms with Crippen LogP contribution in [0.5, 0.6) is 0 Å². The van der Waals surface area contributed by atoms with Crippen molar-refractivity contribution >= 4 is 17.7 Å². The third kappa shape index (κ3) is 2.60. The zero-order valence-corrected chi connectivity index (χ0v) is 8.98. The lowest BCUT2D eigenvalue weighted by Crippen LogP contribution is -1.98. The van der Waals surface area contributed by atoms with Crippen LogP contribution in [0.25, 0.3) is 0 Å². The molecule has 0 atom stereocenters. The van der Waals surface area contributed by atoms with Crippen molar-refractivity contribution in [2.75, 3.05) is 0 Å². The summed E-state index contributed by atoms with van der Waals surface area (Å²) in [7, 11) is 0. The fourth-order valence-electron chi connectivity index (χ4n) is 1.06. The average Bonchev–Trinajstić information content (AvgIpc) is 2.76. The van der Waals surface area contributed by atoms with E-state index in [1.807, 2.05) is 30.3 Å². The van der Waals surface area contributed by atoms with Crippen molar-refractivity contribution in [3.05, 3.63) is 42.0 Å². The number of carboxylic acids is 1. The van der Waals surface area contributed by atoms with Crippen molar-refractivity contribution in [1.82, 2.24) is 10.1 Å². The molecule has 0 fully saturated rings. The topological polar surface area (TPSA) is 76.2 Å². The molecule has 5 nitrogen and oxygen atoms in total. The summed E-state index contributed by atoms with van der Waals surface area (Å²) in [5, 5.41) is 11.9. The van der Waals surface area contributed by atoms with E-state index in [-0.39, 0.29) is 5.82 Å². The predicted octanol–water partition coefficient (Wildman–Crippen LogP) is 2.06. The van der Waals surface area contributed by atoms with E-state index < -0.39 is 5.97 Å². The number of nitrogens with zero attached hydrogens (tertiary/aromatic N) is 2. The number of thioether (sulfide) groups is 1. The molecule has 0 aliphatic rings. The molecule has 2 aromatic rings. The minimum Gasteiger partial charge on any atom is -0.475 e. The third-order valence-electron chi connectivity index (χ3n) is 1.76. The van der Waals surface area contributed by atoms with Crippen LogP contribution in [0.3, 0.4) is 0 Å². The molecule has 82 valence electrons. The molecular weight excluding hydrogens is 228 g/mol. The lowest BCUT2D eigenvalue weighted by atomic mass is 10.4. The molecular formula is C10H8N2O3S. The van der Waals surface area contributed by atoms with Gasteiger partial charge < -0.3 is 9.63 Å². The van der Waals surface area contributed by atoms with Gasteiger partial charge in [-0.25, -0.2) is 4.79 Å². The highest BCUT2D eigenvalue weighted by molar-refractivity contribution is 7.98. The first-order valence-electron chi connectivity index (χ1n) is 4.49. The van der Waals surface area contributed by atoms with Crippen LogP contribution in [-0.4, -0.2) is 21.2 Å². The van der Waals surface area contributed by atoms with Crippen LogP contribution in [0, 0.1) is 0 Å². The van der Waals surface area contributed by atoms with Gasteiger partial charge in [0, 0.05) is 4.90 Å². The van der Waals surface area contributed by atoms with Crippen molar-refractivity contribution in [1.29, 1.82) is 0 Å². The van der Waals surface area contributed by atoms with Crippen LogP contribution < -0.4 is 0 Å². The number of hydrogen-bond donors (Lipinski definition) is 1. The molecule has 0 aliphatic heterocycles. The van der Waals surface area contributed by atoms with Gasteiger partial charge in [-0.15, -0.1) is 11.8 Å². The molecule has 1 aromatic heterocycles. The number of hydrogen-bond acceptors (Lipinski definition) is 5. The lowest BCUT2D eigenvalue weighted by molar-refractivity contribution is 0.0680. The maximum Gasteiger partial charge on any atom is 0.377 e. The van der Waals surface area contributed by atoms with Crippen LogP contribution >= 0.6 is 11.8 Å². The average molecular weight is 236 g/mol. The number of rotatable bonds is 4. The van der Waals surface area contributed by atoms with E-state index in [0.29, 0.717) is 11.6 Å². The molecule has 0 saturated carbocycles. The van der Waals surface area contributed by atoms with Gasteiger partial charge in [-0.3, -0.25) is 0 Å². The number of benzene rings is 1. The highest BCUT2D eigenvalue weighted by Crippen LogP contribution is 2.21. The maximum atomic E-state index is 10.5. The standard InChI is InChI=1S/C10H8N2O3S/c13-10(14)9-11-8(15-12-9)6-16-7-4-2-1-3-5-7/h1-5H,6H2,(H,13,14). The smallest absolute Gasteiger partial charge is 0.377 e. The van der Waals surface area contributed by atoms with E-state index in [9.17, 15) is 4.79 Å². The SMILES string of the molecule is O=C(O)c1noc(CSc2ccccc2)n1. The van der Waals surface area contributed by atoms with E-state index in [4.69, 9.17) is 9.63 Å². The Morgan fingerprint density at radius 3 is 2.75 bits per heavy atom. The van der Waals surface area contributed by atoms with Crippen LogP contribution in [-0.2, 0) is 5.75 Å². The molecule has 0 unspecified atom stereocenters. The molecule has 6 heteroatoms. The molecule has 1 heterocycles. The van der Waals surface area contributed by atoms with Crippen molar-refractivity contribution < 1.29 is 14.4 Å². The maximum absolute atomic E-state index is 10.5. The molecule has 2 rings (SSSR count). The molecule has 0 spiro atoms. The Morgan fingerprint density at radius 1 is 1.38 bits per heavy atom. The molecule has 1 N–H and O–H groups in total. The zero-order valence-electron chi connectivity index (χ0n) is 8.16. The zero-order chi connectivity index (χ0) is 11.4. The minimum absolute atomic E-state index is 0.302. The van der Waals surface area contributed by atoms with Gasteiger partial charge in [0.25, 0.3) is 5.82 Å². The summed E-state index contributed by atoms with van der Waals surface area (Å²) in [6.07, 6.45) is 0. The van der Waals surface area contributed by atoms with Crippen molar-refractivity contribution in [3.63, 3.8) is 0 Å². The van der Waals surface area contributed by atoms with Crippen LogP contribution in [0.1, 0.15) is 16.5 Å². The summed E-state index contributed by atoms with van der Waals surface area (Å²) in [6, 6.07) is 9.70. The van der Waals surface area contributed by atoms with E-state index >= 15 is 0 Å². The second kappa shape index (κ2) is 4.80. The first-order valence-corrected chi connectivity index (χ1v) is 5.48. The fourth-order valence-corrected chi connectivity index (χ4v) is 1.82. The summed E-state index contributed by atoms with van der Waals surface area (Å²) in [5.41, 5.74) is 0. The molecule has 0 saturated heterocycles. The Balaban J connectivity index is 1.97. The Bertz CT molecular complexity index is 484. The van der Waals surface area contributed by atoms with E-state index in [1.54, 1.807) is 0 Å². The highest BCUT2D eigenvalue weighted by Gasteiger charge is 2.12. The normalized spacial score (nSPS) is 10.2. The van der Waals surface area contributed by atoms with Crippen LogP contribution in [0.2, 0.25) is 0 Å². The van der Waals surface area contributed by atoms with Gasteiger partial charge >= 0.3 is 5.97 Å². The summed E-state index contributed by atoms with van der Waals surface area (Å²) in [5.74, 6) is -0.709. The van der Waals surface area contributed by atoms with Gasteiger partial charge in [-0.1, -0.05) is 18.2 Å². The quantitative estimate of drug-likeness (QED) is 0.819. The Labute approximate surface area is 95.5 Å². The fraction of sp³-hybridized carbons (Fsp3) is 0.100. The Kier molecular flexibility index (Phi) is 3.21. The minimum atomic E-state index is -1.18. The van der Waals surface area contributed by atoms with E-state index in [1.165, 1.54) is 11.8 Å². The molecule has 0 amide bonds. The van der Waals surface area contributed by atoms with Crippen molar-refractivity contribution in [3.8, 4) is 0 Å². The summed E-state index contributed by atoms with van der Waals surface area (Å²) < 4.78 is 4.78. The predicted molar refractivity (Wildman–Crippen MR) is 57.3 cm³/mol. The summed E-state index contributed by atoms with van der Waals surface area (Å²) in [4.78, 5) is 15.3. The summed E-state index contributed by atoms with van der Waals surface area (Å²) >= 11 is 1.51. The second-order valence-electron chi connectivity index (χ2n) is 2.92. The first kappa shape index (κ1) is 10.7. The molecule has 0 bridgehead atoms. The van der Waals surface area contributed by atoms with Crippen LogP contribution in [0.15, 0.2) is 39.8 Å². The van der Waals surface area contributed by atoms with Crippen molar-refractivity contribution in [2.24, 2.45) is 0 Å². The second-order valence-corrected chi connectivity index (χ2v) is 3.97. The van der Waals surface area contributed by atoms with Gasteiger partial charge in [0.2, 0.25) is 5.89 Å². The van der Waals surface area contributed by atoms with Crippen molar-refractivity contribution in [2.45, 2.75) is 10.6 Å². The molecule has 1 aromatic carbocycles. The number of aromatic carboxylic acids is 1. The van der Waals surface area contributed by atoms with Gasteiger partial charge in [-0.2, -0.15) is 4.98 Å². The largest absolute Gasteiger partial charge is 0.475 e. The van der Waals surface area contributed by atoms with Gasteiger partial charge in [0.1, 0.15) is 0 Å². The van der Waals surface area contributed by atoms with Gasteiger partial charge in [0.15, 0.2) is 0 Å². The highest BCUT2D eigenvalue weighted by atomic mass is 32.2. The molecule has 16 heavy (non-hydrogen) atoms. The number of carboxylic acid groups (broad SMARTS) is 1. The van der Waals surface area contributed by atoms with Gasteiger partial charge in [0.05, 0.1) is 5.75 Å². The third-order valence-corrected chi connectivity index (χ3v) is 2.76. The monoisotopic (exact) mass is 236 g/mol. The van der Waals surface area contributed by atoms with E-state index in [2.05, 4.69) is 10.1 Å². The van der Waals surface area contributed by atoms with Crippen LogP contribution in [0.4, 0.5) is 0 Å². The first-order chi connectivity index (χ1) is 7.75.